The van der Waals surface area contributed by atoms with Gasteiger partial charge in [0.15, 0.2) is 11.5 Å². The van der Waals surface area contributed by atoms with Gasteiger partial charge in [0, 0.05) is 40.5 Å². The highest BCUT2D eigenvalue weighted by molar-refractivity contribution is 7.84. The van der Waals surface area contributed by atoms with Crippen LogP contribution < -0.4 is 14.8 Å². The lowest BCUT2D eigenvalue weighted by Crippen LogP contribution is -2.15. The molecule has 2 aromatic carbocycles. The number of fused-ring (bicyclic) bond motifs is 1. The van der Waals surface area contributed by atoms with Crippen molar-refractivity contribution in [1.29, 1.82) is 0 Å². The zero-order chi connectivity index (χ0) is 16.9. The summed E-state index contributed by atoms with van der Waals surface area (Å²) in [4.78, 5) is 12.0. The number of benzene rings is 2. The molecule has 24 heavy (non-hydrogen) atoms. The monoisotopic (exact) mass is 345 g/mol. The molecule has 0 aliphatic carbocycles. The fraction of sp³-hybridized carbons (Fsp3) is 0.278. The first kappa shape index (κ1) is 16.5. The summed E-state index contributed by atoms with van der Waals surface area (Å²) in [6.07, 6.45) is 0.215. The summed E-state index contributed by atoms with van der Waals surface area (Å²) >= 11 is 0. The maximum atomic E-state index is 12.1. The van der Waals surface area contributed by atoms with Crippen molar-refractivity contribution in [2.75, 3.05) is 17.9 Å². The van der Waals surface area contributed by atoms with Crippen molar-refractivity contribution < 1.29 is 18.5 Å². The van der Waals surface area contributed by atoms with E-state index < -0.39 is 10.8 Å². The number of anilines is 1. The van der Waals surface area contributed by atoms with Crippen molar-refractivity contribution in [3.8, 4) is 11.5 Å². The van der Waals surface area contributed by atoms with E-state index in [0.29, 0.717) is 28.7 Å². The molecule has 0 saturated carbocycles. The van der Waals surface area contributed by atoms with Crippen LogP contribution in [0.1, 0.15) is 17.5 Å². The third-order valence-corrected chi connectivity index (χ3v) is 4.94. The van der Waals surface area contributed by atoms with E-state index in [2.05, 4.69) is 5.32 Å². The Kier molecular flexibility index (Phi) is 5.15. The molecule has 2 aromatic rings. The number of aryl methyl sites for hydroxylation is 1. The van der Waals surface area contributed by atoms with Crippen molar-refractivity contribution in [3.63, 3.8) is 0 Å². The van der Waals surface area contributed by atoms with E-state index in [1.165, 1.54) is 0 Å². The molecule has 3 rings (SSSR count). The minimum Gasteiger partial charge on any atom is -0.454 e. The molecule has 0 fully saturated rings. The number of carbonyl (C=O) groups is 1. The van der Waals surface area contributed by atoms with Crippen molar-refractivity contribution in [2.24, 2.45) is 0 Å². The molecule has 0 saturated heterocycles. The second-order valence-corrected chi connectivity index (χ2v) is 7.22. The molecule has 1 N–H and O–H groups in total. The number of rotatable bonds is 6. The fourth-order valence-electron chi connectivity index (χ4n) is 2.46. The summed E-state index contributed by atoms with van der Waals surface area (Å²) in [6.45, 7) is 2.20. The van der Waals surface area contributed by atoms with Crippen LogP contribution in [-0.2, 0) is 21.3 Å². The first-order valence-electron chi connectivity index (χ1n) is 7.70. The SMILES string of the molecule is Cc1cccc(C[S@](=O)CCC(=O)Nc2ccc3c(c2)OCO3)c1. The molecule has 0 spiro atoms. The number of hydrogen-bond acceptors (Lipinski definition) is 4. The fourth-order valence-corrected chi connectivity index (χ4v) is 3.57. The number of amides is 1. The molecular weight excluding hydrogens is 326 g/mol. The Morgan fingerprint density at radius 2 is 2.00 bits per heavy atom. The van der Waals surface area contributed by atoms with Crippen molar-refractivity contribution >= 4 is 22.4 Å². The summed E-state index contributed by atoms with van der Waals surface area (Å²) in [5.41, 5.74) is 2.82. The van der Waals surface area contributed by atoms with Gasteiger partial charge in [0.05, 0.1) is 0 Å². The van der Waals surface area contributed by atoms with Crippen molar-refractivity contribution in [1.82, 2.24) is 0 Å². The van der Waals surface area contributed by atoms with Gasteiger partial charge in [-0.2, -0.15) is 0 Å². The normalized spacial score (nSPS) is 13.5. The van der Waals surface area contributed by atoms with Crippen molar-refractivity contribution in [2.45, 2.75) is 19.1 Å². The largest absolute Gasteiger partial charge is 0.454 e. The molecule has 5 nitrogen and oxygen atoms in total. The van der Waals surface area contributed by atoms with Gasteiger partial charge in [-0.25, -0.2) is 0 Å². The third-order valence-electron chi connectivity index (χ3n) is 3.62. The molecule has 0 unspecified atom stereocenters. The minimum absolute atomic E-state index is 0.161. The number of carbonyl (C=O) groups excluding carboxylic acids is 1. The average Bonchev–Trinajstić information content (AvgIpc) is 3.00. The maximum absolute atomic E-state index is 12.1. The average molecular weight is 345 g/mol. The lowest BCUT2D eigenvalue weighted by molar-refractivity contribution is -0.115. The van der Waals surface area contributed by atoms with E-state index in [-0.39, 0.29) is 19.1 Å². The lowest BCUT2D eigenvalue weighted by Gasteiger charge is -2.07. The van der Waals surface area contributed by atoms with Crippen LogP contribution in [0.4, 0.5) is 5.69 Å². The van der Waals surface area contributed by atoms with Crippen LogP contribution in [-0.4, -0.2) is 22.7 Å². The lowest BCUT2D eigenvalue weighted by atomic mass is 10.2. The molecule has 1 aliphatic rings. The van der Waals surface area contributed by atoms with Gasteiger partial charge in [-0.15, -0.1) is 0 Å². The van der Waals surface area contributed by atoms with Crippen LogP contribution in [0.2, 0.25) is 0 Å². The molecule has 1 aliphatic heterocycles. The Bertz CT molecular complexity index is 775. The summed E-state index contributed by atoms with van der Waals surface area (Å²) in [7, 11) is -1.06. The Hall–Kier alpha value is -2.34. The Morgan fingerprint density at radius 3 is 2.83 bits per heavy atom. The van der Waals surface area contributed by atoms with Crippen molar-refractivity contribution in [3.05, 3.63) is 53.6 Å². The Balaban J connectivity index is 1.47. The number of hydrogen-bond donors (Lipinski definition) is 1. The summed E-state index contributed by atoms with van der Waals surface area (Å²) in [5, 5.41) is 2.79. The van der Waals surface area contributed by atoms with E-state index in [1.54, 1.807) is 18.2 Å². The molecule has 1 heterocycles. The van der Waals surface area contributed by atoms with E-state index in [9.17, 15) is 9.00 Å². The highest BCUT2D eigenvalue weighted by Crippen LogP contribution is 2.34. The van der Waals surface area contributed by atoms with Gasteiger partial charge >= 0.3 is 0 Å². The zero-order valence-electron chi connectivity index (χ0n) is 13.4. The first-order chi connectivity index (χ1) is 11.6. The Morgan fingerprint density at radius 1 is 1.17 bits per heavy atom. The van der Waals surface area contributed by atoms with Crippen LogP contribution in [0.3, 0.4) is 0 Å². The van der Waals surface area contributed by atoms with Gasteiger partial charge in [-0.1, -0.05) is 29.8 Å². The van der Waals surface area contributed by atoms with Gasteiger partial charge < -0.3 is 14.8 Å². The van der Waals surface area contributed by atoms with E-state index in [1.807, 2.05) is 31.2 Å². The quantitative estimate of drug-likeness (QED) is 0.874. The summed E-state index contributed by atoms with van der Waals surface area (Å²) < 4.78 is 22.6. The van der Waals surface area contributed by atoms with Crippen LogP contribution >= 0.6 is 0 Å². The van der Waals surface area contributed by atoms with Crippen LogP contribution in [0, 0.1) is 6.92 Å². The molecule has 6 heteroatoms. The predicted octanol–water partition coefficient (Wildman–Crippen LogP) is 3.00. The second-order valence-electron chi connectivity index (χ2n) is 5.64. The highest BCUT2D eigenvalue weighted by atomic mass is 32.2. The highest BCUT2D eigenvalue weighted by Gasteiger charge is 2.14. The van der Waals surface area contributed by atoms with Gasteiger partial charge in [-0.05, 0) is 24.6 Å². The minimum atomic E-state index is -1.06. The smallest absolute Gasteiger partial charge is 0.231 e. The van der Waals surface area contributed by atoms with E-state index >= 15 is 0 Å². The van der Waals surface area contributed by atoms with Crippen LogP contribution in [0.5, 0.6) is 11.5 Å². The summed E-state index contributed by atoms with van der Waals surface area (Å²) in [5.74, 6) is 1.94. The number of nitrogens with one attached hydrogen (secondary N) is 1. The molecule has 1 atom stereocenters. The molecular formula is C18H19NO4S. The number of ether oxygens (including phenoxy) is 2. The predicted molar refractivity (Wildman–Crippen MR) is 93.7 cm³/mol. The van der Waals surface area contributed by atoms with Gasteiger partial charge in [0.1, 0.15) is 0 Å². The van der Waals surface area contributed by atoms with Crippen LogP contribution in [0.15, 0.2) is 42.5 Å². The molecule has 1 amide bonds. The standard InChI is InChI=1S/C18H19NO4S/c1-13-3-2-4-14(9-13)11-24(21)8-7-18(20)19-15-5-6-16-17(10-15)23-12-22-16/h2-6,9-10H,7-8,11-12H2,1H3,(H,19,20)/t24-/m1/s1. The molecule has 0 radical (unpaired) electrons. The topological polar surface area (TPSA) is 64.6 Å². The van der Waals surface area contributed by atoms with E-state index in [4.69, 9.17) is 9.47 Å². The molecule has 0 bridgehead atoms. The molecule has 126 valence electrons. The first-order valence-corrected chi connectivity index (χ1v) is 9.19. The van der Waals surface area contributed by atoms with Gasteiger partial charge in [0.25, 0.3) is 0 Å². The second kappa shape index (κ2) is 7.49. The maximum Gasteiger partial charge on any atom is 0.231 e. The Labute approximate surface area is 143 Å². The zero-order valence-corrected chi connectivity index (χ0v) is 14.2. The van der Waals surface area contributed by atoms with Gasteiger partial charge in [0.2, 0.25) is 12.7 Å². The van der Waals surface area contributed by atoms with E-state index in [0.717, 1.165) is 11.1 Å². The van der Waals surface area contributed by atoms with Crippen LogP contribution in [0.25, 0.3) is 0 Å². The molecule has 0 aromatic heterocycles. The van der Waals surface area contributed by atoms with Gasteiger partial charge in [-0.3, -0.25) is 9.00 Å². The summed E-state index contributed by atoms with van der Waals surface area (Å²) in [6, 6.07) is 13.2. The third kappa shape index (κ3) is 4.35.